The van der Waals surface area contributed by atoms with Gasteiger partial charge >= 0.3 is 0 Å². The summed E-state index contributed by atoms with van der Waals surface area (Å²) >= 11 is 5.51. The van der Waals surface area contributed by atoms with Crippen LogP contribution in [0.15, 0.2) is 30.5 Å². The SMILES string of the molecule is Cc1cc([C@H]2[C@@H](c3ccccn3)NC(=S)N2C)c(C)n1C(C)C. The third kappa shape index (κ3) is 2.63. The van der Waals surface area contributed by atoms with E-state index in [4.69, 9.17) is 12.2 Å². The number of nitrogens with zero attached hydrogens (tertiary/aromatic N) is 3. The summed E-state index contributed by atoms with van der Waals surface area (Å²) in [6, 6.07) is 9.02. The zero-order chi connectivity index (χ0) is 16.7. The van der Waals surface area contributed by atoms with Gasteiger partial charge in [0, 0.05) is 30.7 Å². The van der Waals surface area contributed by atoms with Crippen LogP contribution < -0.4 is 5.32 Å². The van der Waals surface area contributed by atoms with Crippen LogP contribution in [0.25, 0.3) is 0 Å². The Morgan fingerprint density at radius 2 is 2.00 bits per heavy atom. The number of hydrogen-bond donors (Lipinski definition) is 1. The number of pyridine rings is 1. The first-order valence-electron chi connectivity index (χ1n) is 8.04. The monoisotopic (exact) mass is 328 g/mol. The molecule has 0 unspecified atom stereocenters. The summed E-state index contributed by atoms with van der Waals surface area (Å²) < 4.78 is 2.39. The Morgan fingerprint density at radius 3 is 2.57 bits per heavy atom. The zero-order valence-electron chi connectivity index (χ0n) is 14.4. The van der Waals surface area contributed by atoms with Gasteiger partial charge in [-0.1, -0.05) is 6.07 Å². The second-order valence-corrected chi connectivity index (χ2v) is 6.91. The summed E-state index contributed by atoms with van der Waals surface area (Å²) in [6.45, 7) is 8.82. The lowest BCUT2D eigenvalue weighted by molar-refractivity contribution is 0.366. The smallest absolute Gasteiger partial charge is 0.169 e. The number of hydrogen-bond acceptors (Lipinski definition) is 2. The molecule has 1 N–H and O–H groups in total. The molecular formula is C18H24N4S. The average molecular weight is 328 g/mol. The van der Waals surface area contributed by atoms with Crippen molar-refractivity contribution in [2.24, 2.45) is 0 Å². The van der Waals surface area contributed by atoms with Crippen LogP contribution in [0.4, 0.5) is 0 Å². The predicted octanol–water partition coefficient (Wildman–Crippen LogP) is 3.68. The Labute approximate surface area is 143 Å². The van der Waals surface area contributed by atoms with E-state index in [1.165, 1.54) is 17.0 Å². The molecule has 23 heavy (non-hydrogen) atoms. The molecule has 0 aromatic carbocycles. The van der Waals surface area contributed by atoms with Gasteiger partial charge in [-0.15, -0.1) is 0 Å². The number of aromatic nitrogens is 2. The molecule has 0 aliphatic carbocycles. The summed E-state index contributed by atoms with van der Waals surface area (Å²) in [5, 5.41) is 4.22. The number of nitrogens with one attached hydrogen (secondary N) is 1. The van der Waals surface area contributed by atoms with Crippen LogP contribution in [0.3, 0.4) is 0 Å². The van der Waals surface area contributed by atoms with Crippen LogP contribution in [0.5, 0.6) is 0 Å². The topological polar surface area (TPSA) is 33.1 Å². The van der Waals surface area contributed by atoms with E-state index in [2.05, 4.69) is 66.6 Å². The van der Waals surface area contributed by atoms with Crippen molar-refractivity contribution in [1.29, 1.82) is 0 Å². The number of likely N-dealkylation sites (N-methyl/N-ethyl adjacent to an activating group) is 1. The van der Waals surface area contributed by atoms with Gasteiger partial charge in [0.05, 0.1) is 17.8 Å². The Morgan fingerprint density at radius 1 is 1.26 bits per heavy atom. The van der Waals surface area contributed by atoms with Crippen LogP contribution in [0.1, 0.15) is 54.6 Å². The molecule has 1 saturated heterocycles. The zero-order valence-corrected chi connectivity index (χ0v) is 15.2. The second-order valence-electron chi connectivity index (χ2n) is 6.53. The molecule has 3 heterocycles. The predicted molar refractivity (Wildman–Crippen MR) is 97.5 cm³/mol. The highest BCUT2D eigenvalue weighted by molar-refractivity contribution is 7.80. The molecule has 1 fully saturated rings. The van der Waals surface area contributed by atoms with Gasteiger partial charge in [0.2, 0.25) is 0 Å². The van der Waals surface area contributed by atoms with E-state index >= 15 is 0 Å². The van der Waals surface area contributed by atoms with Gasteiger partial charge in [-0.25, -0.2) is 0 Å². The van der Waals surface area contributed by atoms with Gasteiger partial charge in [0.1, 0.15) is 0 Å². The molecule has 0 spiro atoms. The first-order chi connectivity index (χ1) is 10.9. The van der Waals surface area contributed by atoms with Crippen LogP contribution in [-0.2, 0) is 0 Å². The quantitative estimate of drug-likeness (QED) is 0.871. The van der Waals surface area contributed by atoms with Crippen molar-refractivity contribution in [2.45, 2.75) is 45.8 Å². The fourth-order valence-corrected chi connectivity index (χ4v) is 3.98. The highest BCUT2D eigenvalue weighted by Gasteiger charge is 2.39. The molecule has 0 saturated carbocycles. The van der Waals surface area contributed by atoms with Crippen molar-refractivity contribution in [1.82, 2.24) is 19.8 Å². The molecule has 5 heteroatoms. The van der Waals surface area contributed by atoms with Crippen molar-refractivity contribution in [3.05, 3.63) is 53.1 Å². The largest absolute Gasteiger partial charge is 0.352 e. The van der Waals surface area contributed by atoms with Gasteiger partial charge < -0.3 is 14.8 Å². The normalized spacial score (nSPS) is 21.1. The van der Waals surface area contributed by atoms with E-state index in [1.54, 1.807) is 0 Å². The van der Waals surface area contributed by atoms with Gasteiger partial charge in [0.15, 0.2) is 5.11 Å². The summed E-state index contributed by atoms with van der Waals surface area (Å²) in [7, 11) is 2.06. The van der Waals surface area contributed by atoms with Crippen molar-refractivity contribution < 1.29 is 0 Å². The number of rotatable bonds is 3. The van der Waals surface area contributed by atoms with Crippen molar-refractivity contribution in [3.63, 3.8) is 0 Å². The lowest BCUT2D eigenvalue weighted by Crippen LogP contribution is -2.25. The average Bonchev–Trinajstić information content (AvgIpc) is 2.97. The molecular weight excluding hydrogens is 304 g/mol. The maximum Gasteiger partial charge on any atom is 0.169 e. The molecule has 1 aliphatic heterocycles. The van der Waals surface area contributed by atoms with Gasteiger partial charge in [-0.3, -0.25) is 4.98 Å². The number of aryl methyl sites for hydroxylation is 1. The molecule has 2 atom stereocenters. The van der Waals surface area contributed by atoms with E-state index in [-0.39, 0.29) is 12.1 Å². The highest BCUT2D eigenvalue weighted by Crippen LogP contribution is 2.40. The Bertz CT molecular complexity index is 720. The van der Waals surface area contributed by atoms with Crippen LogP contribution in [0, 0.1) is 13.8 Å². The van der Waals surface area contributed by atoms with Crippen molar-refractivity contribution in [3.8, 4) is 0 Å². The summed E-state index contributed by atoms with van der Waals surface area (Å²) in [4.78, 5) is 6.70. The standard InChI is InChI=1S/C18H24N4S/c1-11(2)22-12(3)10-14(13(22)4)17-16(20-18(23)21(17)5)15-8-6-7-9-19-15/h6-11,16-17H,1-5H3,(H,20,23)/t16-,17+/m1/s1. The van der Waals surface area contributed by atoms with Gasteiger partial charge in [-0.05, 0) is 63.7 Å². The molecule has 4 nitrogen and oxygen atoms in total. The van der Waals surface area contributed by atoms with Crippen molar-refractivity contribution in [2.75, 3.05) is 7.05 Å². The Hall–Kier alpha value is -1.88. The lowest BCUT2D eigenvalue weighted by Gasteiger charge is -2.25. The van der Waals surface area contributed by atoms with Crippen LogP contribution in [0.2, 0.25) is 0 Å². The minimum absolute atomic E-state index is 0.0785. The third-order valence-electron chi connectivity index (χ3n) is 4.70. The van der Waals surface area contributed by atoms with Gasteiger partial charge in [-0.2, -0.15) is 0 Å². The summed E-state index contributed by atoms with van der Waals surface area (Å²) in [5.74, 6) is 0. The fraction of sp³-hybridized carbons (Fsp3) is 0.444. The molecule has 1 aliphatic rings. The van der Waals surface area contributed by atoms with Crippen molar-refractivity contribution >= 4 is 17.3 Å². The molecule has 0 bridgehead atoms. The minimum atomic E-state index is 0.0785. The molecule has 3 rings (SSSR count). The third-order valence-corrected chi connectivity index (χ3v) is 5.10. The second kappa shape index (κ2) is 5.96. The van der Waals surface area contributed by atoms with E-state index in [9.17, 15) is 0 Å². The lowest BCUT2D eigenvalue weighted by atomic mass is 9.97. The fourth-order valence-electron chi connectivity index (χ4n) is 3.74. The minimum Gasteiger partial charge on any atom is -0.352 e. The molecule has 2 aromatic heterocycles. The maximum atomic E-state index is 5.51. The Balaban J connectivity index is 2.09. The highest BCUT2D eigenvalue weighted by atomic mass is 32.1. The van der Waals surface area contributed by atoms with E-state index in [0.29, 0.717) is 6.04 Å². The number of thiocarbonyl (C=S) groups is 1. The molecule has 2 aromatic rings. The molecule has 0 amide bonds. The Kier molecular flexibility index (Phi) is 4.15. The molecule has 0 radical (unpaired) electrons. The summed E-state index contributed by atoms with van der Waals surface area (Å²) in [6.07, 6.45) is 1.84. The van der Waals surface area contributed by atoms with Crippen LogP contribution in [-0.4, -0.2) is 26.6 Å². The molecule has 122 valence electrons. The maximum absolute atomic E-state index is 5.51. The van der Waals surface area contributed by atoms with E-state index in [0.717, 1.165) is 10.8 Å². The summed E-state index contributed by atoms with van der Waals surface area (Å²) in [5.41, 5.74) is 4.94. The first kappa shape index (κ1) is 16.0. The van der Waals surface area contributed by atoms with E-state index in [1.807, 2.05) is 18.3 Å². The van der Waals surface area contributed by atoms with E-state index < -0.39 is 0 Å². The first-order valence-corrected chi connectivity index (χ1v) is 8.45. The van der Waals surface area contributed by atoms with Crippen LogP contribution >= 0.6 is 12.2 Å². The van der Waals surface area contributed by atoms with Gasteiger partial charge in [0.25, 0.3) is 0 Å².